The molecule has 1 N–H and O–H groups in total. The number of benzene rings is 1. The number of hydrogen-bond acceptors (Lipinski definition) is 4. The van der Waals surface area contributed by atoms with Crippen LogP contribution in [0.4, 0.5) is 0 Å². The van der Waals surface area contributed by atoms with Crippen molar-refractivity contribution in [1.29, 1.82) is 0 Å². The van der Waals surface area contributed by atoms with Crippen LogP contribution in [0.5, 0.6) is 0 Å². The predicted octanol–water partition coefficient (Wildman–Crippen LogP) is 5.07. The van der Waals surface area contributed by atoms with Crippen LogP contribution in [0.15, 0.2) is 36.4 Å². The minimum Gasteiger partial charge on any atom is -0.282 e. The number of nitrogens with one attached hydrogen (secondary N) is 1. The third-order valence-electron chi connectivity index (χ3n) is 3.23. The van der Waals surface area contributed by atoms with Crippen LogP contribution in [0, 0.1) is 4.77 Å². The highest BCUT2D eigenvalue weighted by atomic mass is 35.5. The van der Waals surface area contributed by atoms with E-state index in [1.165, 1.54) is 4.88 Å². The van der Waals surface area contributed by atoms with Crippen molar-refractivity contribution >= 4 is 46.8 Å². The monoisotopic (exact) mass is 384 g/mol. The topological polar surface area (TPSA) is 36.9 Å². The maximum absolute atomic E-state index is 5.96. The number of nitrogens with zero attached hydrogens (tertiary/aromatic N) is 3. The summed E-state index contributed by atoms with van der Waals surface area (Å²) in [6.07, 6.45) is 0. The molecule has 120 valence electrons. The molecule has 0 amide bonds. The van der Waals surface area contributed by atoms with Crippen molar-refractivity contribution in [3.8, 4) is 11.4 Å². The maximum atomic E-state index is 5.96. The highest BCUT2D eigenvalue weighted by molar-refractivity contribution is 7.71. The Morgan fingerprint density at radius 3 is 2.61 bits per heavy atom. The van der Waals surface area contributed by atoms with Gasteiger partial charge in [-0.15, -0.1) is 11.3 Å². The summed E-state index contributed by atoms with van der Waals surface area (Å²) in [4.78, 5) is 7.76. The van der Waals surface area contributed by atoms with Gasteiger partial charge in [0.05, 0.1) is 11.0 Å². The SMILES string of the molecule is CN(Cc1ccc(Cl)s1)Cn1[nH]c(-c2ccc(Cl)cc2)nc1=S. The first-order valence-electron chi connectivity index (χ1n) is 6.87. The molecule has 23 heavy (non-hydrogen) atoms. The van der Waals surface area contributed by atoms with E-state index in [-0.39, 0.29) is 0 Å². The van der Waals surface area contributed by atoms with Crippen LogP contribution in [0.2, 0.25) is 9.36 Å². The van der Waals surface area contributed by atoms with Gasteiger partial charge < -0.3 is 0 Å². The average Bonchev–Trinajstić information content (AvgIpc) is 3.06. The molecule has 8 heteroatoms. The molecular weight excluding hydrogens is 371 g/mol. The lowest BCUT2D eigenvalue weighted by atomic mass is 10.2. The van der Waals surface area contributed by atoms with Crippen LogP contribution < -0.4 is 0 Å². The van der Waals surface area contributed by atoms with Crippen molar-refractivity contribution < 1.29 is 0 Å². The van der Waals surface area contributed by atoms with Gasteiger partial charge in [-0.2, -0.15) is 4.98 Å². The average molecular weight is 385 g/mol. The molecule has 0 aliphatic carbocycles. The second-order valence-electron chi connectivity index (χ2n) is 5.15. The van der Waals surface area contributed by atoms with Gasteiger partial charge in [0.25, 0.3) is 0 Å². The fourth-order valence-corrected chi connectivity index (χ4v) is 3.67. The highest BCUT2D eigenvalue weighted by Gasteiger charge is 2.08. The van der Waals surface area contributed by atoms with Crippen LogP contribution in [0.3, 0.4) is 0 Å². The lowest BCUT2D eigenvalue weighted by molar-refractivity contribution is 0.246. The fourth-order valence-electron chi connectivity index (χ4n) is 2.18. The number of thiophene rings is 1. The first-order valence-corrected chi connectivity index (χ1v) is 8.85. The largest absolute Gasteiger partial charge is 0.282 e. The van der Waals surface area contributed by atoms with E-state index in [1.807, 2.05) is 48.1 Å². The van der Waals surface area contributed by atoms with E-state index >= 15 is 0 Å². The maximum Gasteiger partial charge on any atom is 0.217 e. The molecule has 2 aromatic heterocycles. The first-order chi connectivity index (χ1) is 11.0. The van der Waals surface area contributed by atoms with E-state index in [0.717, 1.165) is 22.3 Å². The second-order valence-corrected chi connectivity index (χ2v) is 7.75. The molecule has 0 radical (unpaired) electrons. The Balaban J connectivity index is 1.73. The van der Waals surface area contributed by atoms with Crippen LogP contribution in [0.25, 0.3) is 11.4 Å². The van der Waals surface area contributed by atoms with Crippen molar-refractivity contribution in [2.75, 3.05) is 7.05 Å². The molecule has 4 nitrogen and oxygen atoms in total. The summed E-state index contributed by atoms with van der Waals surface area (Å²) in [7, 11) is 2.03. The van der Waals surface area contributed by atoms with Gasteiger partial charge in [0, 0.05) is 22.0 Å². The number of rotatable bonds is 5. The van der Waals surface area contributed by atoms with E-state index in [1.54, 1.807) is 11.3 Å². The van der Waals surface area contributed by atoms with Gasteiger partial charge in [-0.3, -0.25) is 10.00 Å². The van der Waals surface area contributed by atoms with Crippen LogP contribution in [-0.2, 0) is 13.2 Å². The quantitative estimate of drug-likeness (QED) is 0.624. The van der Waals surface area contributed by atoms with Gasteiger partial charge in [0.15, 0.2) is 5.82 Å². The normalized spacial score (nSPS) is 11.3. The third kappa shape index (κ3) is 4.22. The molecule has 0 spiro atoms. The summed E-state index contributed by atoms with van der Waals surface area (Å²) >= 11 is 18.8. The zero-order chi connectivity index (χ0) is 16.4. The minimum atomic E-state index is 0.519. The number of H-pyrrole nitrogens is 1. The summed E-state index contributed by atoms with van der Waals surface area (Å²) in [5, 5.41) is 3.93. The number of aromatic nitrogens is 3. The smallest absolute Gasteiger partial charge is 0.217 e. The third-order valence-corrected chi connectivity index (χ3v) is 5.01. The van der Waals surface area contributed by atoms with Gasteiger partial charge in [-0.05, 0) is 55.7 Å². The molecule has 0 aliphatic rings. The van der Waals surface area contributed by atoms with Gasteiger partial charge in [-0.1, -0.05) is 23.2 Å². The van der Waals surface area contributed by atoms with Crippen molar-refractivity contribution in [3.63, 3.8) is 0 Å². The van der Waals surface area contributed by atoms with Crippen LogP contribution in [-0.4, -0.2) is 26.7 Å². The molecule has 2 heterocycles. The van der Waals surface area contributed by atoms with Gasteiger partial charge in [0.2, 0.25) is 4.77 Å². The lowest BCUT2D eigenvalue weighted by Gasteiger charge is -2.15. The van der Waals surface area contributed by atoms with Gasteiger partial charge >= 0.3 is 0 Å². The van der Waals surface area contributed by atoms with Crippen LogP contribution >= 0.6 is 46.8 Å². The Morgan fingerprint density at radius 2 is 1.96 bits per heavy atom. The first kappa shape index (κ1) is 16.7. The zero-order valence-corrected chi connectivity index (χ0v) is 15.4. The van der Waals surface area contributed by atoms with E-state index in [4.69, 9.17) is 35.4 Å². The van der Waals surface area contributed by atoms with Crippen molar-refractivity contribution in [2.24, 2.45) is 0 Å². The summed E-state index contributed by atoms with van der Waals surface area (Å²) < 4.78 is 3.16. The van der Waals surface area contributed by atoms with E-state index < -0.39 is 0 Å². The summed E-state index contributed by atoms with van der Waals surface area (Å²) in [5.41, 5.74) is 0.951. The number of halogens is 2. The molecule has 0 fully saturated rings. The summed E-state index contributed by atoms with van der Waals surface area (Å²) in [6, 6.07) is 11.4. The zero-order valence-electron chi connectivity index (χ0n) is 12.3. The molecule has 0 bridgehead atoms. The van der Waals surface area contributed by atoms with Crippen molar-refractivity contribution in [1.82, 2.24) is 19.7 Å². The summed E-state index contributed by atoms with van der Waals surface area (Å²) in [5.74, 6) is 0.735. The number of aromatic amines is 1. The summed E-state index contributed by atoms with van der Waals surface area (Å²) in [6.45, 7) is 1.42. The molecular formula is C15H14Cl2N4S2. The minimum absolute atomic E-state index is 0.519. The van der Waals surface area contributed by atoms with Crippen molar-refractivity contribution in [3.05, 3.63) is 55.4 Å². The number of hydrogen-bond donors (Lipinski definition) is 1. The van der Waals surface area contributed by atoms with Crippen LogP contribution in [0.1, 0.15) is 4.88 Å². The van der Waals surface area contributed by atoms with Gasteiger partial charge in [-0.25, -0.2) is 4.68 Å². The van der Waals surface area contributed by atoms with E-state index in [9.17, 15) is 0 Å². The molecule has 0 atom stereocenters. The Kier molecular flexibility index (Phi) is 5.18. The second kappa shape index (κ2) is 7.15. The van der Waals surface area contributed by atoms with E-state index in [2.05, 4.69) is 15.0 Å². The molecule has 3 aromatic rings. The molecule has 0 unspecified atom stereocenters. The molecule has 1 aromatic carbocycles. The molecule has 0 saturated heterocycles. The molecule has 3 rings (SSSR count). The Bertz CT molecular complexity index is 851. The lowest BCUT2D eigenvalue weighted by Crippen LogP contribution is -2.22. The van der Waals surface area contributed by atoms with Crippen molar-refractivity contribution in [2.45, 2.75) is 13.2 Å². The Morgan fingerprint density at radius 1 is 1.22 bits per heavy atom. The Labute approximate surface area is 153 Å². The van der Waals surface area contributed by atoms with Gasteiger partial charge in [0.1, 0.15) is 0 Å². The molecule has 0 aliphatic heterocycles. The highest BCUT2D eigenvalue weighted by Crippen LogP contribution is 2.22. The Hall–Kier alpha value is -1.18. The standard InChI is InChI=1S/C15H14Cl2N4S2/c1-20(8-12-6-7-13(17)23-12)9-21-15(22)18-14(19-21)10-2-4-11(16)5-3-10/h2-7H,8-9H2,1H3,(H,18,19,22). The molecule has 0 saturated carbocycles. The van der Waals surface area contributed by atoms with E-state index in [0.29, 0.717) is 16.5 Å². The predicted molar refractivity (Wildman–Crippen MR) is 98.7 cm³/mol. The fraction of sp³-hybridized carbons (Fsp3) is 0.200.